The molecule has 0 saturated carbocycles. The van der Waals surface area contributed by atoms with E-state index in [1.165, 1.54) is 5.56 Å². The first kappa shape index (κ1) is 12.2. The molecule has 0 radical (unpaired) electrons. The van der Waals surface area contributed by atoms with Crippen LogP contribution in [0.1, 0.15) is 25.3 Å². The van der Waals surface area contributed by atoms with E-state index in [0.717, 1.165) is 17.3 Å². The van der Waals surface area contributed by atoms with E-state index < -0.39 is 5.97 Å². The highest BCUT2D eigenvalue weighted by Crippen LogP contribution is 2.15. The lowest BCUT2D eigenvalue weighted by Crippen LogP contribution is -2.05. The highest BCUT2D eigenvalue weighted by Gasteiger charge is 2.07. The molecule has 15 heavy (non-hydrogen) atoms. The lowest BCUT2D eigenvalue weighted by Gasteiger charge is -2.08. The van der Waals surface area contributed by atoms with Gasteiger partial charge in [0, 0.05) is 10.9 Å². The first-order valence-electron chi connectivity index (χ1n) is 5.04. The Morgan fingerprint density at radius 2 is 2.00 bits per heavy atom. The molecule has 0 bridgehead atoms. The second-order valence-electron chi connectivity index (χ2n) is 3.87. The maximum atomic E-state index is 10.5. The van der Waals surface area contributed by atoms with Gasteiger partial charge in [-0.15, -0.1) is 0 Å². The summed E-state index contributed by atoms with van der Waals surface area (Å²) in [5.74, 6) is -0.468. The highest BCUT2D eigenvalue weighted by molar-refractivity contribution is 9.10. The third-order valence-corrected chi connectivity index (χ3v) is 2.89. The van der Waals surface area contributed by atoms with E-state index in [9.17, 15) is 4.79 Å². The lowest BCUT2D eigenvalue weighted by atomic mass is 9.98. The van der Waals surface area contributed by atoms with E-state index in [4.69, 9.17) is 5.11 Å². The summed E-state index contributed by atoms with van der Waals surface area (Å²) in [6, 6.07) is 8.16. The first-order valence-corrected chi connectivity index (χ1v) is 5.83. The highest BCUT2D eigenvalue weighted by atomic mass is 79.9. The van der Waals surface area contributed by atoms with E-state index in [-0.39, 0.29) is 12.3 Å². The van der Waals surface area contributed by atoms with Crippen molar-refractivity contribution in [3.63, 3.8) is 0 Å². The zero-order chi connectivity index (χ0) is 11.3. The molecule has 0 amide bonds. The van der Waals surface area contributed by atoms with Crippen molar-refractivity contribution in [3.05, 3.63) is 34.3 Å². The number of benzene rings is 1. The molecule has 2 nitrogen and oxygen atoms in total. The van der Waals surface area contributed by atoms with Crippen LogP contribution in [0, 0.1) is 5.92 Å². The molecule has 3 heteroatoms. The molecule has 0 aromatic heterocycles. The number of rotatable bonds is 5. The molecule has 82 valence electrons. The third kappa shape index (κ3) is 4.98. The number of halogens is 1. The summed E-state index contributed by atoms with van der Waals surface area (Å²) >= 11 is 3.38. The van der Waals surface area contributed by atoms with Crippen LogP contribution < -0.4 is 0 Å². The van der Waals surface area contributed by atoms with E-state index >= 15 is 0 Å². The van der Waals surface area contributed by atoms with Crippen LogP contribution in [-0.4, -0.2) is 11.1 Å². The van der Waals surface area contributed by atoms with Gasteiger partial charge in [0.2, 0.25) is 0 Å². The van der Waals surface area contributed by atoms with Crippen molar-refractivity contribution in [2.75, 3.05) is 0 Å². The van der Waals surface area contributed by atoms with Gasteiger partial charge in [0.25, 0.3) is 0 Å². The smallest absolute Gasteiger partial charge is 0.303 e. The van der Waals surface area contributed by atoms with Gasteiger partial charge < -0.3 is 5.11 Å². The summed E-state index contributed by atoms with van der Waals surface area (Å²) in [7, 11) is 0. The van der Waals surface area contributed by atoms with Crippen molar-refractivity contribution in [1.29, 1.82) is 0 Å². The second-order valence-corrected chi connectivity index (χ2v) is 4.78. The van der Waals surface area contributed by atoms with E-state index in [2.05, 4.69) is 28.1 Å². The summed E-state index contributed by atoms with van der Waals surface area (Å²) in [5.41, 5.74) is 1.26. The Morgan fingerprint density at radius 1 is 1.40 bits per heavy atom. The van der Waals surface area contributed by atoms with Crippen LogP contribution in [0.5, 0.6) is 0 Å². The van der Waals surface area contributed by atoms with Crippen molar-refractivity contribution in [2.45, 2.75) is 26.2 Å². The summed E-state index contributed by atoms with van der Waals surface area (Å²) in [5, 5.41) is 8.61. The fourth-order valence-corrected chi connectivity index (χ4v) is 1.73. The predicted molar refractivity (Wildman–Crippen MR) is 63.9 cm³/mol. The molecule has 0 aliphatic heterocycles. The minimum absolute atomic E-state index is 0.242. The predicted octanol–water partition coefficient (Wildman–Crippen LogP) is 3.49. The van der Waals surface area contributed by atoms with Crippen LogP contribution in [0.25, 0.3) is 0 Å². The van der Waals surface area contributed by atoms with Crippen LogP contribution in [0.4, 0.5) is 0 Å². The van der Waals surface area contributed by atoms with E-state index in [1.807, 2.05) is 19.1 Å². The Hall–Kier alpha value is -0.830. The zero-order valence-electron chi connectivity index (χ0n) is 8.74. The standard InChI is InChI=1S/C12H15BrO2/c1-9(8-12(14)15)2-3-10-4-6-11(13)7-5-10/h4-7,9H,2-3,8H2,1H3,(H,14,15)/t9-/m0/s1. The van der Waals surface area contributed by atoms with Crippen LogP contribution >= 0.6 is 15.9 Å². The Bertz CT molecular complexity index is 319. The Morgan fingerprint density at radius 3 is 2.53 bits per heavy atom. The molecule has 0 aliphatic rings. The van der Waals surface area contributed by atoms with Crippen LogP contribution in [0.2, 0.25) is 0 Å². The fourth-order valence-electron chi connectivity index (χ4n) is 1.46. The average Bonchev–Trinajstić information content (AvgIpc) is 2.16. The molecule has 1 atom stereocenters. The molecule has 1 N–H and O–H groups in total. The van der Waals surface area contributed by atoms with Crippen LogP contribution in [-0.2, 0) is 11.2 Å². The third-order valence-electron chi connectivity index (χ3n) is 2.36. The normalized spacial score (nSPS) is 12.4. The minimum atomic E-state index is -0.710. The maximum Gasteiger partial charge on any atom is 0.303 e. The quantitative estimate of drug-likeness (QED) is 0.890. The maximum absolute atomic E-state index is 10.5. The van der Waals surface area contributed by atoms with Gasteiger partial charge in [-0.05, 0) is 36.5 Å². The molecule has 1 rings (SSSR count). The number of carboxylic acid groups (broad SMARTS) is 1. The van der Waals surface area contributed by atoms with Crippen LogP contribution in [0.3, 0.4) is 0 Å². The van der Waals surface area contributed by atoms with E-state index in [0.29, 0.717) is 0 Å². The minimum Gasteiger partial charge on any atom is -0.481 e. The van der Waals surface area contributed by atoms with Gasteiger partial charge in [-0.2, -0.15) is 0 Å². The molecule has 1 aromatic carbocycles. The monoisotopic (exact) mass is 270 g/mol. The van der Waals surface area contributed by atoms with Gasteiger partial charge in [-0.3, -0.25) is 4.79 Å². The summed E-state index contributed by atoms with van der Waals surface area (Å²) in [6.07, 6.45) is 2.13. The van der Waals surface area contributed by atoms with Gasteiger partial charge in [0.15, 0.2) is 0 Å². The summed E-state index contributed by atoms with van der Waals surface area (Å²) < 4.78 is 1.07. The molecular formula is C12H15BrO2. The fraction of sp³-hybridized carbons (Fsp3) is 0.417. The second kappa shape index (κ2) is 5.91. The molecule has 0 unspecified atom stereocenters. The van der Waals surface area contributed by atoms with Crippen molar-refractivity contribution >= 4 is 21.9 Å². The summed E-state index contributed by atoms with van der Waals surface area (Å²) in [4.78, 5) is 10.5. The SMILES string of the molecule is C[C@@H](CCc1ccc(Br)cc1)CC(=O)O. The van der Waals surface area contributed by atoms with Gasteiger partial charge >= 0.3 is 5.97 Å². The number of hydrogen-bond acceptors (Lipinski definition) is 1. The zero-order valence-corrected chi connectivity index (χ0v) is 10.3. The van der Waals surface area contributed by atoms with E-state index in [1.54, 1.807) is 0 Å². The first-order chi connectivity index (χ1) is 7.08. The number of carboxylic acids is 1. The lowest BCUT2D eigenvalue weighted by molar-refractivity contribution is -0.138. The largest absolute Gasteiger partial charge is 0.481 e. The topological polar surface area (TPSA) is 37.3 Å². The summed E-state index contributed by atoms with van der Waals surface area (Å²) in [6.45, 7) is 1.98. The van der Waals surface area contributed by atoms with Gasteiger partial charge in [-0.1, -0.05) is 35.0 Å². The number of hydrogen-bond donors (Lipinski definition) is 1. The Kier molecular flexibility index (Phi) is 4.82. The van der Waals surface area contributed by atoms with Gasteiger partial charge in [0.05, 0.1) is 0 Å². The number of aryl methyl sites for hydroxylation is 1. The molecule has 0 saturated heterocycles. The van der Waals surface area contributed by atoms with Crippen molar-refractivity contribution in [3.8, 4) is 0 Å². The molecule has 0 heterocycles. The van der Waals surface area contributed by atoms with Crippen LogP contribution in [0.15, 0.2) is 28.7 Å². The average molecular weight is 271 g/mol. The molecule has 0 spiro atoms. The molecule has 0 fully saturated rings. The molecular weight excluding hydrogens is 256 g/mol. The Labute approximate surface area is 98.4 Å². The number of aliphatic carboxylic acids is 1. The van der Waals surface area contributed by atoms with Crippen molar-refractivity contribution in [1.82, 2.24) is 0 Å². The number of carbonyl (C=O) groups is 1. The van der Waals surface area contributed by atoms with Crippen molar-refractivity contribution < 1.29 is 9.90 Å². The van der Waals surface area contributed by atoms with Crippen molar-refractivity contribution in [2.24, 2.45) is 5.92 Å². The molecule has 0 aliphatic carbocycles. The molecule has 1 aromatic rings. The van der Waals surface area contributed by atoms with Gasteiger partial charge in [0.1, 0.15) is 0 Å². The Balaban J connectivity index is 2.36. The van der Waals surface area contributed by atoms with Gasteiger partial charge in [-0.25, -0.2) is 0 Å².